The minimum Gasteiger partial charge on any atom is -0.465 e. The van der Waals surface area contributed by atoms with Gasteiger partial charge in [0, 0.05) is 23.3 Å². The van der Waals surface area contributed by atoms with Gasteiger partial charge in [-0.2, -0.15) is 0 Å². The van der Waals surface area contributed by atoms with Crippen LogP contribution in [0.15, 0.2) is 12.1 Å². The molecule has 1 unspecified atom stereocenters. The first-order valence-corrected chi connectivity index (χ1v) is 6.92. The third-order valence-corrected chi connectivity index (χ3v) is 4.07. The first kappa shape index (κ1) is 15.1. The molecule has 0 radical (unpaired) electrons. The molecule has 0 bridgehead atoms. The molecule has 1 amide bonds. The SMILES string of the molecule is Cc1c(Cl)cc(NC(=O)O)cc1CC1COCCN1C. The summed E-state index contributed by atoms with van der Waals surface area (Å²) in [6.07, 6.45) is -0.300. The largest absolute Gasteiger partial charge is 0.465 e. The molecule has 20 heavy (non-hydrogen) atoms. The van der Waals surface area contributed by atoms with Gasteiger partial charge in [0.15, 0.2) is 0 Å². The lowest BCUT2D eigenvalue weighted by molar-refractivity contribution is 0.00620. The Balaban J connectivity index is 2.21. The summed E-state index contributed by atoms with van der Waals surface area (Å²) in [5.74, 6) is 0. The Kier molecular flexibility index (Phi) is 4.86. The normalized spacial score (nSPS) is 19.9. The van der Waals surface area contributed by atoms with Gasteiger partial charge >= 0.3 is 6.09 Å². The summed E-state index contributed by atoms with van der Waals surface area (Å²) < 4.78 is 5.51. The molecule has 1 fully saturated rings. The Labute approximate surface area is 123 Å². The number of benzene rings is 1. The molecule has 1 aromatic carbocycles. The number of amides is 1. The molecule has 2 N–H and O–H groups in total. The first-order valence-electron chi connectivity index (χ1n) is 6.54. The molecule has 1 aliphatic rings. The second-order valence-electron chi connectivity index (χ2n) is 5.09. The number of nitrogens with one attached hydrogen (secondary N) is 1. The van der Waals surface area contributed by atoms with Crippen molar-refractivity contribution in [3.63, 3.8) is 0 Å². The monoisotopic (exact) mass is 298 g/mol. The molecular formula is C14H19ClN2O3. The summed E-state index contributed by atoms with van der Waals surface area (Å²) >= 11 is 6.18. The van der Waals surface area contributed by atoms with Crippen LogP contribution in [0, 0.1) is 6.92 Å². The molecule has 0 saturated carbocycles. The number of rotatable bonds is 3. The molecule has 5 nitrogen and oxygen atoms in total. The van der Waals surface area contributed by atoms with Crippen molar-refractivity contribution in [1.82, 2.24) is 4.90 Å². The third kappa shape index (κ3) is 3.62. The lowest BCUT2D eigenvalue weighted by Gasteiger charge is -2.33. The topological polar surface area (TPSA) is 61.8 Å². The quantitative estimate of drug-likeness (QED) is 0.900. The number of carboxylic acid groups (broad SMARTS) is 1. The van der Waals surface area contributed by atoms with E-state index in [1.807, 2.05) is 13.0 Å². The fourth-order valence-electron chi connectivity index (χ4n) is 2.35. The van der Waals surface area contributed by atoms with Gasteiger partial charge in [-0.15, -0.1) is 0 Å². The van der Waals surface area contributed by atoms with Crippen LogP contribution in [0.4, 0.5) is 10.5 Å². The number of likely N-dealkylation sites (N-methyl/N-ethyl adjacent to an activating group) is 1. The number of carbonyl (C=O) groups is 1. The van der Waals surface area contributed by atoms with Gasteiger partial charge in [0.25, 0.3) is 0 Å². The van der Waals surface area contributed by atoms with E-state index in [-0.39, 0.29) is 0 Å². The Bertz CT molecular complexity index is 507. The van der Waals surface area contributed by atoms with Crippen molar-refractivity contribution < 1.29 is 14.6 Å². The van der Waals surface area contributed by atoms with E-state index in [9.17, 15) is 4.79 Å². The minimum atomic E-state index is -1.09. The number of hydrogen-bond donors (Lipinski definition) is 2. The highest BCUT2D eigenvalue weighted by molar-refractivity contribution is 6.31. The van der Waals surface area contributed by atoms with E-state index in [0.29, 0.717) is 23.4 Å². The maximum Gasteiger partial charge on any atom is 0.409 e. The number of hydrogen-bond acceptors (Lipinski definition) is 3. The van der Waals surface area contributed by atoms with E-state index < -0.39 is 6.09 Å². The summed E-state index contributed by atoms with van der Waals surface area (Å²) in [5, 5.41) is 11.7. The zero-order valence-electron chi connectivity index (χ0n) is 11.6. The van der Waals surface area contributed by atoms with Crippen LogP contribution >= 0.6 is 11.6 Å². The van der Waals surface area contributed by atoms with Gasteiger partial charge in [-0.1, -0.05) is 11.6 Å². The molecule has 110 valence electrons. The number of anilines is 1. The van der Waals surface area contributed by atoms with Gasteiger partial charge in [-0.25, -0.2) is 4.79 Å². The molecule has 0 aliphatic carbocycles. The van der Waals surface area contributed by atoms with Crippen LogP contribution in [-0.4, -0.2) is 48.9 Å². The van der Waals surface area contributed by atoms with Gasteiger partial charge in [0.2, 0.25) is 0 Å². The Morgan fingerprint density at radius 1 is 1.60 bits per heavy atom. The third-order valence-electron chi connectivity index (χ3n) is 3.68. The van der Waals surface area contributed by atoms with Crippen LogP contribution in [0.3, 0.4) is 0 Å². The van der Waals surface area contributed by atoms with E-state index in [1.165, 1.54) is 0 Å². The molecule has 0 aromatic heterocycles. The van der Waals surface area contributed by atoms with Crippen LogP contribution in [0.5, 0.6) is 0 Å². The van der Waals surface area contributed by atoms with Gasteiger partial charge in [-0.05, 0) is 43.7 Å². The maximum absolute atomic E-state index is 10.7. The summed E-state index contributed by atoms with van der Waals surface area (Å²) in [4.78, 5) is 13.0. The predicted molar refractivity (Wildman–Crippen MR) is 78.8 cm³/mol. The van der Waals surface area contributed by atoms with Crippen molar-refractivity contribution in [2.45, 2.75) is 19.4 Å². The highest BCUT2D eigenvalue weighted by Crippen LogP contribution is 2.26. The van der Waals surface area contributed by atoms with Gasteiger partial charge in [0.05, 0.1) is 13.2 Å². The summed E-state index contributed by atoms with van der Waals surface area (Å²) in [7, 11) is 2.07. The second kappa shape index (κ2) is 6.43. The fourth-order valence-corrected chi connectivity index (χ4v) is 2.59. The molecule has 0 spiro atoms. The van der Waals surface area contributed by atoms with E-state index >= 15 is 0 Å². The van der Waals surface area contributed by atoms with Crippen molar-refractivity contribution in [3.05, 3.63) is 28.3 Å². The number of halogens is 1. The van der Waals surface area contributed by atoms with Crippen molar-refractivity contribution in [2.24, 2.45) is 0 Å². The number of nitrogens with zero attached hydrogens (tertiary/aromatic N) is 1. The molecule has 1 saturated heterocycles. The standard InChI is InChI=1S/C14H19ClN2O3/c1-9-10(6-12-8-20-4-3-17(12)2)5-11(7-13(9)15)16-14(18)19/h5,7,12,16H,3-4,6,8H2,1-2H3,(H,18,19). The van der Waals surface area contributed by atoms with E-state index in [0.717, 1.165) is 30.7 Å². The lowest BCUT2D eigenvalue weighted by atomic mass is 9.99. The summed E-state index contributed by atoms with van der Waals surface area (Å²) in [6.45, 7) is 4.30. The number of ether oxygens (including phenoxy) is 1. The predicted octanol–water partition coefficient (Wildman–Crippen LogP) is 2.61. The summed E-state index contributed by atoms with van der Waals surface area (Å²) in [6, 6.07) is 3.77. The molecular weight excluding hydrogens is 280 g/mol. The molecule has 2 rings (SSSR count). The van der Waals surface area contributed by atoms with Crippen LogP contribution in [-0.2, 0) is 11.2 Å². The molecule has 1 atom stereocenters. The van der Waals surface area contributed by atoms with Crippen LogP contribution in [0.1, 0.15) is 11.1 Å². The average Bonchev–Trinajstić information content (AvgIpc) is 2.37. The highest BCUT2D eigenvalue weighted by atomic mass is 35.5. The van der Waals surface area contributed by atoms with Crippen molar-refractivity contribution in [3.8, 4) is 0 Å². The molecule has 1 heterocycles. The molecule has 6 heteroatoms. The minimum absolute atomic E-state index is 0.290. The van der Waals surface area contributed by atoms with Crippen LogP contribution < -0.4 is 5.32 Å². The van der Waals surface area contributed by atoms with Crippen molar-refractivity contribution >= 4 is 23.4 Å². The zero-order chi connectivity index (χ0) is 14.7. The van der Waals surface area contributed by atoms with E-state index in [4.69, 9.17) is 21.4 Å². The Morgan fingerprint density at radius 2 is 2.35 bits per heavy atom. The van der Waals surface area contributed by atoms with Gasteiger partial charge in [-0.3, -0.25) is 10.2 Å². The van der Waals surface area contributed by atoms with Crippen LogP contribution in [0.25, 0.3) is 0 Å². The Hall–Kier alpha value is -1.30. The van der Waals surface area contributed by atoms with E-state index in [2.05, 4.69) is 17.3 Å². The van der Waals surface area contributed by atoms with Gasteiger partial charge < -0.3 is 9.84 Å². The highest BCUT2D eigenvalue weighted by Gasteiger charge is 2.21. The first-order chi connectivity index (χ1) is 9.47. The van der Waals surface area contributed by atoms with Crippen LogP contribution in [0.2, 0.25) is 5.02 Å². The van der Waals surface area contributed by atoms with E-state index in [1.54, 1.807) is 6.07 Å². The molecule has 1 aliphatic heterocycles. The summed E-state index contributed by atoms with van der Waals surface area (Å²) in [5.41, 5.74) is 2.53. The second-order valence-corrected chi connectivity index (χ2v) is 5.49. The maximum atomic E-state index is 10.7. The zero-order valence-corrected chi connectivity index (χ0v) is 12.4. The van der Waals surface area contributed by atoms with Gasteiger partial charge in [0.1, 0.15) is 0 Å². The lowest BCUT2D eigenvalue weighted by Crippen LogP contribution is -2.44. The molecule has 1 aromatic rings. The smallest absolute Gasteiger partial charge is 0.409 e. The average molecular weight is 299 g/mol. The number of morpholine rings is 1. The Morgan fingerprint density at radius 3 is 3.00 bits per heavy atom. The fraction of sp³-hybridized carbons (Fsp3) is 0.500. The van der Waals surface area contributed by atoms with Crippen molar-refractivity contribution in [2.75, 3.05) is 32.1 Å². The van der Waals surface area contributed by atoms with Crippen molar-refractivity contribution in [1.29, 1.82) is 0 Å².